The van der Waals surface area contributed by atoms with Crippen molar-refractivity contribution >= 4 is 23.5 Å². The van der Waals surface area contributed by atoms with Gasteiger partial charge >= 0.3 is 0 Å². The topological polar surface area (TPSA) is 60.3 Å². The van der Waals surface area contributed by atoms with Gasteiger partial charge in [-0.3, -0.25) is 9.36 Å². The summed E-state index contributed by atoms with van der Waals surface area (Å²) in [6.45, 7) is 1.92. The summed E-state index contributed by atoms with van der Waals surface area (Å²) in [5, 5.41) is 9.62. The fourth-order valence-corrected chi connectivity index (χ4v) is 4.35. The van der Waals surface area contributed by atoms with Crippen LogP contribution >= 0.6 is 11.8 Å². The van der Waals surface area contributed by atoms with Gasteiger partial charge in [0, 0.05) is 18.7 Å². The van der Waals surface area contributed by atoms with Gasteiger partial charge in [0.25, 0.3) is 0 Å². The van der Waals surface area contributed by atoms with Gasteiger partial charge in [0.15, 0.2) is 10.9 Å². The van der Waals surface area contributed by atoms with Crippen molar-refractivity contribution in [3.8, 4) is 11.4 Å². The summed E-state index contributed by atoms with van der Waals surface area (Å²) < 4.78 is 7.61. The second-order valence-electron chi connectivity index (χ2n) is 6.92. The number of carbonyl (C=O) groups is 1. The third-order valence-corrected chi connectivity index (χ3v) is 5.94. The highest BCUT2D eigenvalue weighted by molar-refractivity contribution is 7.99. The normalized spacial score (nSPS) is 14.0. The van der Waals surface area contributed by atoms with E-state index in [9.17, 15) is 4.79 Å². The molecule has 0 saturated carbocycles. The first-order valence-corrected chi connectivity index (χ1v) is 10.8. The molecule has 1 aliphatic heterocycles. The van der Waals surface area contributed by atoms with Crippen LogP contribution in [0.2, 0.25) is 0 Å². The molecule has 2 aromatic carbocycles. The Hall–Kier alpha value is -2.80. The second kappa shape index (κ2) is 9.13. The lowest BCUT2D eigenvalue weighted by atomic mass is 10.1. The lowest BCUT2D eigenvalue weighted by Gasteiger charge is -2.28. The van der Waals surface area contributed by atoms with E-state index in [-0.39, 0.29) is 5.78 Å². The standard InChI is InChI=1S/C22H24N4O2S/c1-28-20-13-7-6-12-18(20)26-21(25-14-8-3-9-15-25)23-24-22(26)29-16-19(27)17-10-4-2-5-11-17/h2,4-7,10-13H,3,8-9,14-16H2,1H3. The van der Waals surface area contributed by atoms with Crippen molar-refractivity contribution < 1.29 is 9.53 Å². The number of rotatable bonds is 7. The van der Waals surface area contributed by atoms with E-state index in [1.165, 1.54) is 18.2 Å². The number of carbonyl (C=O) groups excluding carboxylic acids is 1. The summed E-state index contributed by atoms with van der Waals surface area (Å²) >= 11 is 1.41. The maximum atomic E-state index is 12.6. The van der Waals surface area contributed by atoms with Gasteiger partial charge in [-0.05, 0) is 31.4 Å². The van der Waals surface area contributed by atoms with E-state index >= 15 is 0 Å². The molecule has 0 bridgehead atoms. The van der Waals surface area contributed by atoms with Gasteiger partial charge in [-0.1, -0.05) is 54.2 Å². The highest BCUT2D eigenvalue weighted by Crippen LogP contribution is 2.33. The van der Waals surface area contributed by atoms with Crippen molar-refractivity contribution in [3.05, 3.63) is 60.2 Å². The molecule has 0 spiro atoms. The molecule has 0 amide bonds. The van der Waals surface area contributed by atoms with Gasteiger partial charge in [0.1, 0.15) is 5.75 Å². The summed E-state index contributed by atoms with van der Waals surface area (Å²) in [5.41, 5.74) is 1.59. The second-order valence-corrected chi connectivity index (χ2v) is 7.86. The number of nitrogens with zero attached hydrogens (tertiary/aromatic N) is 4. The van der Waals surface area contributed by atoms with E-state index < -0.39 is 0 Å². The molecule has 0 N–H and O–H groups in total. The molecule has 29 heavy (non-hydrogen) atoms. The summed E-state index contributed by atoms with van der Waals surface area (Å²) in [4.78, 5) is 14.9. The molecule has 1 saturated heterocycles. The van der Waals surface area contributed by atoms with Crippen LogP contribution in [0.15, 0.2) is 59.8 Å². The zero-order valence-electron chi connectivity index (χ0n) is 16.5. The largest absolute Gasteiger partial charge is 0.495 e. The zero-order chi connectivity index (χ0) is 20.1. The molecule has 1 aliphatic rings. The fourth-order valence-electron chi connectivity index (χ4n) is 3.52. The molecule has 0 unspecified atom stereocenters. The van der Waals surface area contributed by atoms with Crippen LogP contribution in [0.5, 0.6) is 5.75 Å². The van der Waals surface area contributed by atoms with Gasteiger partial charge < -0.3 is 9.64 Å². The van der Waals surface area contributed by atoms with Crippen LogP contribution in [0.3, 0.4) is 0 Å². The Labute approximate surface area is 174 Å². The highest BCUT2D eigenvalue weighted by atomic mass is 32.2. The van der Waals surface area contributed by atoms with E-state index in [0.717, 1.165) is 43.3 Å². The van der Waals surface area contributed by atoms with Crippen molar-refractivity contribution in [2.75, 3.05) is 30.9 Å². The molecule has 150 valence electrons. The van der Waals surface area contributed by atoms with E-state index in [1.807, 2.05) is 59.2 Å². The first-order valence-electron chi connectivity index (χ1n) is 9.82. The first kappa shape index (κ1) is 19.5. The number of benzene rings is 2. The average Bonchev–Trinajstić information content (AvgIpc) is 3.22. The molecule has 0 radical (unpaired) electrons. The van der Waals surface area contributed by atoms with Crippen LogP contribution < -0.4 is 9.64 Å². The number of anilines is 1. The van der Waals surface area contributed by atoms with Crippen molar-refractivity contribution in [1.29, 1.82) is 0 Å². The highest BCUT2D eigenvalue weighted by Gasteiger charge is 2.23. The minimum Gasteiger partial charge on any atom is -0.495 e. The predicted octanol–water partition coefficient (Wildman–Crippen LogP) is 4.24. The van der Waals surface area contributed by atoms with E-state index in [2.05, 4.69) is 15.1 Å². The fraction of sp³-hybridized carbons (Fsp3) is 0.318. The number of thioether (sulfide) groups is 1. The van der Waals surface area contributed by atoms with Gasteiger partial charge in [-0.25, -0.2) is 0 Å². The number of hydrogen-bond acceptors (Lipinski definition) is 6. The minimum absolute atomic E-state index is 0.0738. The Balaban J connectivity index is 1.66. The summed E-state index contributed by atoms with van der Waals surface area (Å²) in [5.74, 6) is 1.94. The summed E-state index contributed by atoms with van der Waals surface area (Å²) in [6, 6.07) is 17.2. The molecule has 4 rings (SSSR count). The Morgan fingerprint density at radius 2 is 1.72 bits per heavy atom. The summed E-state index contributed by atoms with van der Waals surface area (Å²) in [7, 11) is 1.66. The Bertz CT molecular complexity index is 968. The number of aromatic nitrogens is 3. The number of para-hydroxylation sites is 2. The lowest BCUT2D eigenvalue weighted by molar-refractivity contribution is 0.102. The third kappa shape index (κ3) is 4.29. The number of ether oxygens (including phenoxy) is 1. The molecule has 1 fully saturated rings. The average molecular weight is 409 g/mol. The molecular formula is C22H24N4O2S. The quantitative estimate of drug-likeness (QED) is 0.430. The van der Waals surface area contributed by atoms with Crippen LogP contribution in [-0.4, -0.2) is 46.5 Å². The van der Waals surface area contributed by atoms with Crippen LogP contribution in [0.25, 0.3) is 5.69 Å². The van der Waals surface area contributed by atoms with E-state index in [4.69, 9.17) is 4.74 Å². The third-order valence-electron chi connectivity index (χ3n) is 5.01. The van der Waals surface area contributed by atoms with Crippen LogP contribution in [0.1, 0.15) is 29.6 Å². The van der Waals surface area contributed by atoms with E-state index in [0.29, 0.717) is 16.5 Å². The maximum absolute atomic E-state index is 12.6. The Morgan fingerprint density at radius 1 is 1.00 bits per heavy atom. The van der Waals surface area contributed by atoms with Crippen LogP contribution in [0, 0.1) is 0 Å². The lowest BCUT2D eigenvalue weighted by Crippen LogP contribution is -2.31. The molecule has 2 heterocycles. The van der Waals surface area contributed by atoms with Gasteiger partial charge in [-0.2, -0.15) is 0 Å². The zero-order valence-corrected chi connectivity index (χ0v) is 17.3. The molecule has 7 heteroatoms. The van der Waals surface area contributed by atoms with E-state index in [1.54, 1.807) is 7.11 Å². The number of hydrogen-bond donors (Lipinski definition) is 0. The van der Waals surface area contributed by atoms with Crippen LogP contribution in [-0.2, 0) is 0 Å². The molecule has 0 atom stereocenters. The SMILES string of the molecule is COc1ccccc1-n1c(SCC(=O)c2ccccc2)nnc1N1CCCCC1. The first-order chi connectivity index (χ1) is 14.3. The smallest absolute Gasteiger partial charge is 0.232 e. The summed E-state index contributed by atoms with van der Waals surface area (Å²) in [6.07, 6.45) is 3.54. The number of piperidine rings is 1. The van der Waals surface area contributed by atoms with Gasteiger partial charge in [-0.15, -0.1) is 10.2 Å². The van der Waals surface area contributed by atoms with Gasteiger partial charge in [0.05, 0.1) is 18.6 Å². The predicted molar refractivity (Wildman–Crippen MR) is 115 cm³/mol. The monoisotopic (exact) mass is 408 g/mol. The molecule has 3 aromatic rings. The molecule has 6 nitrogen and oxygen atoms in total. The molecule has 0 aliphatic carbocycles. The Kier molecular flexibility index (Phi) is 6.14. The maximum Gasteiger partial charge on any atom is 0.232 e. The number of ketones is 1. The molecule has 1 aromatic heterocycles. The van der Waals surface area contributed by atoms with Gasteiger partial charge in [0.2, 0.25) is 5.95 Å². The minimum atomic E-state index is 0.0738. The van der Waals surface area contributed by atoms with Crippen LogP contribution in [0.4, 0.5) is 5.95 Å². The van der Waals surface area contributed by atoms with Crippen molar-refractivity contribution in [2.45, 2.75) is 24.4 Å². The van der Waals surface area contributed by atoms with Crippen molar-refractivity contribution in [1.82, 2.24) is 14.8 Å². The Morgan fingerprint density at radius 3 is 2.48 bits per heavy atom. The van der Waals surface area contributed by atoms with Crippen molar-refractivity contribution in [2.24, 2.45) is 0 Å². The molecular weight excluding hydrogens is 384 g/mol. The van der Waals surface area contributed by atoms with Crippen molar-refractivity contribution in [3.63, 3.8) is 0 Å². The number of Topliss-reactive ketones (excluding diaryl/α,β-unsaturated/α-hetero) is 1. The number of methoxy groups -OCH3 is 1.